The Labute approximate surface area is 256 Å². The Bertz CT molecular complexity index is 1140. The lowest BCUT2D eigenvalue weighted by molar-refractivity contribution is -0.147. The van der Waals surface area contributed by atoms with Crippen LogP contribution in [0, 0.1) is 11.8 Å². The Morgan fingerprint density at radius 3 is 2.37 bits per heavy atom. The largest absolute Gasteiger partial charge is 0.381 e. The molecule has 3 aliphatic rings. The molecule has 2 fully saturated rings. The van der Waals surface area contributed by atoms with Crippen LogP contribution in [0.1, 0.15) is 96.2 Å². The summed E-state index contributed by atoms with van der Waals surface area (Å²) in [5, 5.41) is 7.21. The first-order valence-electron chi connectivity index (χ1n) is 16.2. The van der Waals surface area contributed by atoms with Gasteiger partial charge in [-0.1, -0.05) is 51.5 Å². The molecule has 2 saturated heterocycles. The van der Waals surface area contributed by atoms with Crippen molar-refractivity contribution in [2.75, 3.05) is 20.2 Å². The molecule has 0 aromatic heterocycles. The van der Waals surface area contributed by atoms with Gasteiger partial charge in [0.15, 0.2) is 0 Å². The molecule has 4 rings (SSSR count). The topological polar surface area (TPSA) is 120 Å². The highest BCUT2D eigenvalue weighted by molar-refractivity contribution is 5.92. The van der Waals surface area contributed by atoms with Crippen molar-refractivity contribution in [2.45, 2.75) is 116 Å². The Kier molecular flexibility index (Phi) is 11.6. The zero-order valence-electron chi connectivity index (χ0n) is 26.6. The molecule has 10 nitrogen and oxygen atoms in total. The summed E-state index contributed by atoms with van der Waals surface area (Å²) >= 11 is 0. The van der Waals surface area contributed by atoms with E-state index in [0.717, 1.165) is 50.5 Å². The number of hydrazine groups is 1. The van der Waals surface area contributed by atoms with E-state index in [9.17, 15) is 19.2 Å². The Balaban J connectivity index is 1.60. The van der Waals surface area contributed by atoms with Crippen molar-refractivity contribution in [3.63, 3.8) is 0 Å². The normalized spacial score (nSPS) is 30.6. The number of hydrogen-bond donors (Lipinski definition) is 3. The summed E-state index contributed by atoms with van der Waals surface area (Å²) in [6.45, 7) is 8.36. The van der Waals surface area contributed by atoms with Crippen LogP contribution in [0.15, 0.2) is 24.3 Å². The van der Waals surface area contributed by atoms with Gasteiger partial charge < -0.3 is 20.3 Å². The maximum atomic E-state index is 13.9. The Morgan fingerprint density at radius 1 is 0.860 bits per heavy atom. The lowest BCUT2D eigenvalue weighted by atomic mass is 9.91. The summed E-state index contributed by atoms with van der Waals surface area (Å²) in [5.41, 5.74) is 5.59. The number of fused-ring (bicyclic) bond motifs is 6. The smallest absolute Gasteiger partial charge is 0.258 e. The van der Waals surface area contributed by atoms with E-state index in [4.69, 9.17) is 4.74 Å². The molecular weight excluding hydrogens is 546 g/mol. The van der Waals surface area contributed by atoms with Gasteiger partial charge in [-0.25, -0.2) is 5.43 Å². The molecule has 10 heteroatoms. The van der Waals surface area contributed by atoms with Crippen LogP contribution in [0.25, 0.3) is 0 Å². The summed E-state index contributed by atoms with van der Waals surface area (Å²) in [4.78, 5) is 55.9. The number of nitrogens with zero attached hydrogens (tertiary/aromatic N) is 2. The zero-order chi connectivity index (χ0) is 31.1. The number of methoxy groups -OCH3 is 1. The number of amides is 4. The van der Waals surface area contributed by atoms with E-state index in [1.54, 1.807) is 14.0 Å². The molecule has 43 heavy (non-hydrogen) atoms. The van der Waals surface area contributed by atoms with E-state index >= 15 is 0 Å². The van der Waals surface area contributed by atoms with Gasteiger partial charge in [-0.2, -0.15) is 0 Å². The van der Waals surface area contributed by atoms with Crippen LogP contribution in [0.2, 0.25) is 0 Å². The number of nitrogens with one attached hydrogen (secondary N) is 3. The third kappa shape index (κ3) is 8.15. The number of piperidine rings is 1. The van der Waals surface area contributed by atoms with Crippen LogP contribution in [0.3, 0.4) is 0 Å². The van der Waals surface area contributed by atoms with E-state index in [1.807, 2.05) is 25.7 Å². The Morgan fingerprint density at radius 2 is 1.63 bits per heavy atom. The second kappa shape index (κ2) is 15.1. The fourth-order valence-electron chi connectivity index (χ4n) is 6.65. The first kappa shape index (κ1) is 32.9. The highest BCUT2D eigenvalue weighted by Crippen LogP contribution is 2.33. The van der Waals surface area contributed by atoms with Gasteiger partial charge >= 0.3 is 0 Å². The van der Waals surface area contributed by atoms with Crippen LogP contribution in [0.4, 0.5) is 0 Å². The predicted molar refractivity (Wildman–Crippen MR) is 165 cm³/mol. The van der Waals surface area contributed by atoms with E-state index in [1.165, 1.54) is 10.6 Å². The van der Waals surface area contributed by atoms with Gasteiger partial charge in [0.1, 0.15) is 18.1 Å². The molecule has 4 amide bonds. The van der Waals surface area contributed by atoms with E-state index < -0.39 is 30.0 Å². The second-order valence-corrected chi connectivity index (χ2v) is 12.9. The summed E-state index contributed by atoms with van der Waals surface area (Å²) in [5.74, 6) is -1.57. The second-order valence-electron chi connectivity index (χ2n) is 12.9. The summed E-state index contributed by atoms with van der Waals surface area (Å²) < 4.78 is 5.72. The SMILES string of the molecule is CO[C@@H]1CCCCc2cccc(c2)C2CCCCN2C(=O)[C@@H]2CCCN(N2)C(=O)[C@H](C)NC(=O)[C@H](C(C)C)NC(=O)[C@@H]1C. The van der Waals surface area contributed by atoms with Crippen molar-refractivity contribution in [3.8, 4) is 0 Å². The number of aryl methyl sites for hydroxylation is 1. The molecule has 238 valence electrons. The molecule has 3 heterocycles. The molecule has 3 aliphatic heterocycles. The molecule has 1 aromatic rings. The average Bonchev–Trinajstić information content (AvgIpc) is 3.02. The molecular formula is C33H51N5O5. The summed E-state index contributed by atoms with van der Waals surface area (Å²) in [6.07, 6.45) is 7.49. The van der Waals surface area contributed by atoms with Gasteiger partial charge in [0.25, 0.3) is 5.91 Å². The number of benzene rings is 1. The third-order valence-corrected chi connectivity index (χ3v) is 9.33. The monoisotopic (exact) mass is 597 g/mol. The van der Waals surface area contributed by atoms with Gasteiger partial charge in [-0.05, 0) is 75.3 Å². The minimum atomic E-state index is -0.834. The molecule has 0 spiro atoms. The highest BCUT2D eigenvalue weighted by Gasteiger charge is 2.37. The fourth-order valence-corrected chi connectivity index (χ4v) is 6.65. The van der Waals surface area contributed by atoms with Gasteiger partial charge in [-0.3, -0.25) is 24.2 Å². The average molecular weight is 598 g/mol. The van der Waals surface area contributed by atoms with Crippen molar-refractivity contribution in [1.29, 1.82) is 0 Å². The fraction of sp³-hybridized carbons (Fsp3) is 0.697. The molecule has 1 aromatic carbocycles. The minimum absolute atomic E-state index is 0.00958. The van der Waals surface area contributed by atoms with Crippen LogP contribution in [-0.2, 0) is 30.3 Å². The molecule has 0 saturated carbocycles. The van der Waals surface area contributed by atoms with E-state index in [2.05, 4.69) is 40.3 Å². The van der Waals surface area contributed by atoms with Crippen LogP contribution in [-0.4, -0.2) is 78.0 Å². The van der Waals surface area contributed by atoms with Gasteiger partial charge in [0.05, 0.1) is 18.1 Å². The molecule has 0 aliphatic carbocycles. The maximum absolute atomic E-state index is 13.9. The van der Waals surface area contributed by atoms with Crippen molar-refractivity contribution in [1.82, 2.24) is 26.0 Å². The number of rotatable bonds is 2. The zero-order valence-corrected chi connectivity index (χ0v) is 26.6. The highest BCUT2D eigenvalue weighted by atomic mass is 16.5. The van der Waals surface area contributed by atoms with Crippen LogP contribution >= 0.6 is 0 Å². The van der Waals surface area contributed by atoms with Crippen LogP contribution < -0.4 is 16.1 Å². The molecule has 6 atom stereocenters. The van der Waals surface area contributed by atoms with E-state index in [0.29, 0.717) is 25.9 Å². The van der Waals surface area contributed by atoms with Crippen molar-refractivity contribution in [3.05, 3.63) is 35.4 Å². The summed E-state index contributed by atoms with van der Waals surface area (Å²) in [6, 6.07) is 6.48. The van der Waals surface area contributed by atoms with Crippen LogP contribution in [0.5, 0.6) is 0 Å². The number of carbonyl (C=O) groups is 4. The van der Waals surface area contributed by atoms with Crippen molar-refractivity contribution < 1.29 is 23.9 Å². The molecule has 4 bridgehead atoms. The predicted octanol–water partition coefficient (Wildman–Crippen LogP) is 3.26. The van der Waals surface area contributed by atoms with E-state index in [-0.39, 0.29) is 35.8 Å². The summed E-state index contributed by atoms with van der Waals surface area (Å²) in [7, 11) is 1.62. The number of ether oxygens (including phenoxy) is 1. The van der Waals surface area contributed by atoms with Gasteiger partial charge in [-0.15, -0.1) is 0 Å². The lowest BCUT2D eigenvalue weighted by Crippen LogP contribution is -2.62. The molecule has 3 N–H and O–H groups in total. The van der Waals surface area contributed by atoms with Crippen molar-refractivity contribution in [2.24, 2.45) is 11.8 Å². The third-order valence-electron chi connectivity index (χ3n) is 9.33. The maximum Gasteiger partial charge on any atom is 0.258 e. The first-order valence-corrected chi connectivity index (χ1v) is 16.2. The van der Waals surface area contributed by atoms with Gasteiger partial charge in [0.2, 0.25) is 17.7 Å². The number of carbonyl (C=O) groups excluding carboxylic acids is 4. The quantitative estimate of drug-likeness (QED) is 0.482. The minimum Gasteiger partial charge on any atom is -0.381 e. The van der Waals surface area contributed by atoms with Gasteiger partial charge in [0, 0.05) is 20.2 Å². The Hall–Kier alpha value is -2.98. The molecule has 1 unspecified atom stereocenters. The number of hydrogen-bond acceptors (Lipinski definition) is 6. The standard InChI is InChI=1S/C33H51N5O5/c1-21(2)29-31(40)34-23(4)32(41)38-19-11-15-26(36-38)33(42)37-18-9-8-16-27(37)25-14-10-13-24(20-25)12-6-7-17-28(43-5)22(3)30(39)35-29/h10,13-14,20-23,26-29,36H,6-9,11-12,15-19H2,1-5H3,(H,34,40)(H,35,39)/t22-,23+,26+,27?,28-,29+/m1/s1. The van der Waals surface area contributed by atoms with Crippen molar-refractivity contribution >= 4 is 23.6 Å². The first-order chi connectivity index (χ1) is 20.6. The lowest BCUT2D eigenvalue weighted by Gasteiger charge is -2.41. The molecule has 0 radical (unpaired) electrons.